The fourth-order valence-corrected chi connectivity index (χ4v) is 1.70. The molecule has 0 fully saturated rings. The van der Waals surface area contributed by atoms with Gasteiger partial charge in [0.05, 0.1) is 0 Å². The molecule has 0 spiro atoms. The predicted molar refractivity (Wildman–Crippen MR) is 81.9 cm³/mol. The van der Waals surface area contributed by atoms with Crippen LogP contribution in [0.1, 0.15) is 13.8 Å². The van der Waals surface area contributed by atoms with E-state index in [9.17, 15) is 0 Å². The van der Waals surface area contributed by atoms with Crippen LogP contribution in [-0.2, 0) is 0 Å². The van der Waals surface area contributed by atoms with Gasteiger partial charge in [-0.1, -0.05) is 32.0 Å². The van der Waals surface area contributed by atoms with Crippen LogP contribution in [0.3, 0.4) is 0 Å². The molecule has 0 atom stereocenters. The highest BCUT2D eigenvalue weighted by Crippen LogP contribution is 2.18. The van der Waals surface area contributed by atoms with Gasteiger partial charge in [-0.2, -0.15) is 0 Å². The summed E-state index contributed by atoms with van der Waals surface area (Å²) in [5, 5.41) is 3.47. The number of hydrogen-bond acceptors (Lipinski definition) is 1. The second-order valence-corrected chi connectivity index (χ2v) is 3.68. The van der Waals surface area contributed by atoms with Gasteiger partial charge in [0, 0.05) is 41.4 Å². The van der Waals surface area contributed by atoms with Gasteiger partial charge in [0.1, 0.15) is 0 Å². The third kappa shape index (κ3) is 6.17. The maximum Gasteiger partial charge on any atom is 0.0342 e. The Morgan fingerprint density at radius 3 is 2.19 bits per heavy atom. The molecular weight excluding hydrogens is 206 g/mol. The standard InChI is InChI=1S/C8H6S.C2H6.B5/c1-2-4-8-7(3-1)5-6-9-8;1-2;1-4-5(2)3/h1-6H;1-2H3;. The molecule has 2 rings (SSSR count). The molecule has 0 bridgehead atoms. The second-order valence-electron chi connectivity index (χ2n) is 2.73. The van der Waals surface area contributed by atoms with E-state index in [1.54, 1.807) is 11.3 Å². The van der Waals surface area contributed by atoms with Gasteiger partial charge >= 0.3 is 0 Å². The van der Waals surface area contributed by atoms with E-state index in [4.69, 9.17) is 23.2 Å². The van der Waals surface area contributed by atoms with Gasteiger partial charge in [0.25, 0.3) is 0 Å². The minimum Gasteiger partial charge on any atom is -0.144 e. The topological polar surface area (TPSA) is 0 Å². The van der Waals surface area contributed by atoms with E-state index in [1.165, 1.54) is 17.1 Å². The van der Waals surface area contributed by atoms with Crippen molar-refractivity contribution in [1.29, 1.82) is 0 Å². The molecule has 0 aliphatic carbocycles. The Balaban J connectivity index is 0.000000280. The van der Waals surface area contributed by atoms with Gasteiger partial charge in [-0.25, -0.2) is 0 Å². The molecule has 1 aromatic heterocycles. The van der Waals surface area contributed by atoms with E-state index in [2.05, 4.69) is 35.7 Å². The van der Waals surface area contributed by atoms with Crippen molar-refractivity contribution >= 4 is 58.1 Å². The first-order chi connectivity index (χ1) is 7.74. The third-order valence-electron chi connectivity index (χ3n) is 1.58. The van der Waals surface area contributed by atoms with Crippen LogP contribution in [0, 0.1) is 0 Å². The maximum atomic E-state index is 4.89. The van der Waals surface area contributed by atoms with Gasteiger partial charge < -0.3 is 0 Å². The highest BCUT2D eigenvalue weighted by Gasteiger charge is 1.88. The molecular formula is C10H12B5S. The van der Waals surface area contributed by atoms with E-state index in [0.29, 0.717) is 0 Å². The fourth-order valence-electron chi connectivity index (χ4n) is 0.906. The molecule has 0 amide bonds. The molecule has 0 unspecified atom stereocenters. The van der Waals surface area contributed by atoms with E-state index >= 15 is 0 Å². The molecule has 1 aromatic carbocycles. The first-order valence-electron chi connectivity index (χ1n) is 5.22. The van der Waals surface area contributed by atoms with E-state index < -0.39 is 6.39 Å². The lowest BCUT2D eigenvalue weighted by molar-refractivity contribution is 1.50. The summed E-state index contributed by atoms with van der Waals surface area (Å²) in [6.07, 6.45) is -0.463. The van der Waals surface area contributed by atoms with Crippen LogP contribution < -0.4 is 0 Å². The Labute approximate surface area is 108 Å². The fraction of sp³-hybridized carbons (Fsp3) is 0.200. The van der Waals surface area contributed by atoms with Crippen molar-refractivity contribution in [1.82, 2.24) is 0 Å². The highest BCUT2D eigenvalue weighted by molar-refractivity contribution is 7.60. The Morgan fingerprint density at radius 1 is 1.12 bits per heavy atom. The Morgan fingerprint density at radius 2 is 1.69 bits per heavy atom. The zero-order valence-corrected chi connectivity index (χ0v) is 10.6. The van der Waals surface area contributed by atoms with Crippen molar-refractivity contribution in [3.05, 3.63) is 35.7 Å². The molecule has 7 radical (unpaired) electrons. The molecule has 0 aliphatic heterocycles. The quantitative estimate of drug-likeness (QED) is 0.642. The molecule has 0 saturated heterocycles. The smallest absolute Gasteiger partial charge is 0.0342 e. The molecule has 16 heavy (non-hydrogen) atoms. The summed E-state index contributed by atoms with van der Waals surface area (Å²) in [5.74, 6) is 0. The predicted octanol–water partition coefficient (Wildman–Crippen LogP) is 2.02. The zero-order valence-electron chi connectivity index (χ0n) is 9.76. The third-order valence-corrected chi connectivity index (χ3v) is 2.48. The molecule has 73 valence electrons. The van der Waals surface area contributed by atoms with Gasteiger partial charge in [-0.3, -0.25) is 0 Å². The number of benzene rings is 1. The number of rotatable bonds is 1. The zero-order chi connectivity index (χ0) is 12.4. The number of hydrogen-bond donors (Lipinski definition) is 0. The Kier molecular flexibility index (Phi) is 9.41. The van der Waals surface area contributed by atoms with Crippen LogP contribution in [0.5, 0.6) is 0 Å². The van der Waals surface area contributed by atoms with Crippen molar-refractivity contribution in [2.75, 3.05) is 0 Å². The van der Waals surface area contributed by atoms with Crippen LogP contribution in [0.4, 0.5) is 0 Å². The lowest BCUT2D eigenvalue weighted by Gasteiger charge is -1.85. The summed E-state index contributed by atoms with van der Waals surface area (Å²) in [4.78, 5) is 0. The van der Waals surface area contributed by atoms with Crippen LogP contribution in [0.2, 0.25) is 0 Å². The molecule has 0 aliphatic rings. The van der Waals surface area contributed by atoms with Crippen molar-refractivity contribution < 1.29 is 0 Å². The summed E-state index contributed by atoms with van der Waals surface area (Å²) in [6, 6.07) is 10.5. The molecule has 0 saturated carbocycles. The second kappa shape index (κ2) is 9.71. The van der Waals surface area contributed by atoms with E-state index in [0.717, 1.165) is 0 Å². The highest BCUT2D eigenvalue weighted by atomic mass is 32.1. The molecule has 1 heterocycles. The molecule has 0 nitrogen and oxygen atoms in total. The van der Waals surface area contributed by atoms with Crippen LogP contribution in [0.25, 0.3) is 10.1 Å². The minimum atomic E-state index is -0.463. The Hall–Kier alpha value is -0.495. The van der Waals surface area contributed by atoms with Crippen molar-refractivity contribution in [3.63, 3.8) is 0 Å². The normalized spacial score (nSPS) is 8.12. The lowest BCUT2D eigenvalue weighted by atomic mass is 8.97. The monoisotopic (exact) mass is 219 g/mol. The van der Waals surface area contributed by atoms with Gasteiger partial charge in [-0.15, -0.1) is 11.3 Å². The number of thiophene rings is 1. The van der Waals surface area contributed by atoms with E-state index in [-0.39, 0.29) is 0 Å². The van der Waals surface area contributed by atoms with Crippen LogP contribution in [-0.4, -0.2) is 36.7 Å². The SMILES string of the molecule is CC.[B][B]B([B])[B].c1ccc2sccc2c1. The molecule has 0 N–H and O–H groups in total. The summed E-state index contributed by atoms with van der Waals surface area (Å²) < 4.78 is 1.37. The van der Waals surface area contributed by atoms with E-state index in [1.807, 2.05) is 13.8 Å². The largest absolute Gasteiger partial charge is 0.144 e. The minimum absolute atomic E-state index is 0.463. The van der Waals surface area contributed by atoms with Gasteiger partial charge in [0.2, 0.25) is 0 Å². The maximum absolute atomic E-state index is 4.89. The summed E-state index contributed by atoms with van der Waals surface area (Å²) in [7, 11) is 15.8. The van der Waals surface area contributed by atoms with Gasteiger partial charge in [0.15, 0.2) is 0 Å². The first kappa shape index (κ1) is 15.5. The average Bonchev–Trinajstić information content (AvgIpc) is 2.80. The van der Waals surface area contributed by atoms with Crippen molar-refractivity contribution in [3.8, 4) is 0 Å². The lowest BCUT2D eigenvalue weighted by Crippen LogP contribution is -2.23. The van der Waals surface area contributed by atoms with Crippen molar-refractivity contribution in [2.45, 2.75) is 13.8 Å². The first-order valence-corrected chi connectivity index (χ1v) is 6.10. The Bertz CT molecular complexity index is 344. The van der Waals surface area contributed by atoms with Crippen LogP contribution >= 0.6 is 11.3 Å². The van der Waals surface area contributed by atoms with Gasteiger partial charge in [-0.05, 0) is 22.9 Å². The average molecular weight is 218 g/mol. The molecule has 2 aromatic rings. The van der Waals surface area contributed by atoms with Crippen LogP contribution in [0.15, 0.2) is 35.7 Å². The van der Waals surface area contributed by atoms with Crippen molar-refractivity contribution in [2.24, 2.45) is 0 Å². The molecule has 6 heteroatoms. The summed E-state index contributed by atoms with van der Waals surface area (Å²) >= 11 is 1.79. The number of fused-ring (bicyclic) bond motifs is 1. The summed E-state index contributed by atoms with van der Waals surface area (Å²) in [6.45, 7) is 4.00. The summed E-state index contributed by atoms with van der Waals surface area (Å²) in [5.41, 5.74) is 0.